The number of carbonyl (C=O) groups is 1. The van der Waals surface area contributed by atoms with Crippen LogP contribution >= 0.6 is 0 Å². The Kier molecular flexibility index (Phi) is 2.05. The molecule has 1 heterocycles. The van der Waals surface area contributed by atoms with Crippen molar-refractivity contribution in [1.82, 2.24) is 9.55 Å². The zero-order valence-electron chi connectivity index (χ0n) is 7.08. The molecule has 0 aromatic carbocycles. The zero-order valence-corrected chi connectivity index (χ0v) is 7.08. The van der Waals surface area contributed by atoms with Gasteiger partial charge in [0.05, 0.1) is 5.56 Å². The summed E-state index contributed by atoms with van der Waals surface area (Å²) < 4.78 is 0.679. The number of carbonyl (C=O) groups excluding carboxylic acids is 1. The monoisotopic (exact) mass is 183 g/mol. The van der Waals surface area contributed by atoms with Gasteiger partial charge in [0.15, 0.2) is 5.78 Å². The molecule has 0 aliphatic rings. The lowest BCUT2D eigenvalue weighted by atomic mass is 10.2. The fourth-order valence-corrected chi connectivity index (χ4v) is 0.911. The molecule has 0 saturated heterocycles. The minimum atomic E-state index is -0.930. The first-order valence-corrected chi connectivity index (χ1v) is 3.46. The molecule has 1 aromatic heterocycles. The van der Waals surface area contributed by atoms with Crippen LogP contribution in [0, 0.1) is 0 Å². The van der Waals surface area contributed by atoms with Gasteiger partial charge in [0.2, 0.25) is 0 Å². The van der Waals surface area contributed by atoms with Crippen molar-refractivity contribution in [1.29, 1.82) is 0 Å². The van der Waals surface area contributed by atoms with Crippen LogP contribution in [0.2, 0.25) is 0 Å². The molecule has 0 radical (unpaired) electrons. The van der Waals surface area contributed by atoms with Crippen LogP contribution in [0.5, 0.6) is 5.88 Å². The fourth-order valence-electron chi connectivity index (χ4n) is 0.911. The van der Waals surface area contributed by atoms with E-state index in [0.717, 1.165) is 6.92 Å². The molecule has 70 valence electrons. The van der Waals surface area contributed by atoms with E-state index in [2.05, 4.69) is 0 Å². The number of aromatic nitrogens is 2. The molecule has 0 aliphatic carbocycles. The molecule has 0 fully saturated rings. The average molecular weight is 183 g/mol. The van der Waals surface area contributed by atoms with Crippen LogP contribution in [-0.2, 0) is 7.05 Å². The SMILES string of the molecule is CC(=O)c1c([O-])n(C)c(=O)[nH]c1=O. The number of aromatic amines is 1. The highest BCUT2D eigenvalue weighted by atomic mass is 16.3. The largest absolute Gasteiger partial charge is 0.859 e. The van der Waals surface area contributed by atoms with Crippen molar-refractivity contribution in [3.63, 3.8) is 0 Å². The van der Waals surface area contributed by atoms with Crippen LogP contribution in [0.15, 0.2) is 9.59 Å². The molecule has 1 rings (SSSR count). The molecule has 0 amide bonds. The van der Waals surface area contributed by atoms with E-state index >= 15 is 0 Å². The summed E-state index contributed by atoms with van der Waals surface area (Å²) >= 11 is 0. The van der Waals surface area contributed by atoms with Crippen molar-refractivity contribution in [2.45, 2.75) is 6.92 Å². The van der Waals surface area contributed by atoms with E-state index in [1.165, 1.54) is 7.05 Å². The first kappa shape index (κ1) is 9.24. The van der Waals surface area contributed by atoms with Crippen LogP contribution in [-0.4, -0.2) is 15.3 Å². The lowest BCUT2D eigenvalue weighted by Gasteiger charge is -2.13. The number of hydrogen-bond acceptors (Lipinski definition) is 4. The van der Waals surface area contributed by atoms with Crippen LogP contribution in [0.25, 0.3) is 0 Å². The van der Waals surface area contributed by atoms with Gasteiger partial charge in [-0.15, -0.1) is 0 Å². The number of hydrogen-bond donors (Lipinski definition) is 1. The summed E-state index contributed by atoms with van der Waals surface area (Å²) in [5, 5.41) is 11.2. The maximum Gasteiger partial charge on any atom is 0.327 e. The molecule has 0 spiro atoms. The third-order valence-corrected chi connectivity index (χ3v) is 1.62. The molecule has 0 atom stereocenters. The Morgan fingerprint density at radius 3 is 2.46 bits per heavy atom. The van der Waals surface area contributed by atoms with Crippen molar-refractivity contribution in [3.8, 4) is 5.88 Å². The number of nitrogens with one attached hydrogen (secondary N) is 1. The Balaban J connectivity index is 3.73. The maximum atomic E-state index is 11.2. The van der Waals surface area contributed by atoms with E-state index in [1.807, 2.05) is 4.98 Å². The molecule has 1 N–H and O–H groups in total. The Hall–Kier alpha value is -1.85. The lowest BCUT2D eigenvalue weighted by molar-refractivity contribution is -0.280. The van der Waals surface area contributed by atoms with Crippen molar-refractivity contribution < 1.29 is 9.90 Å². The van der Waals surface area contributed by atoms with E-state index in [-0.39, 0.29) is 0 Å². The smallest absolute Gasteiger partial charge is 0.327 e. The third kappa shape index (κ3) is 1.37. The second kappa shape index (κ2) is 2.89. The predicted octanol–water partition coefficient (Wildman–Crippen LogP) is -1.65. The predicted molar refractivity (Wildman–Crippen MR) is 41.8 cm³/mol. The van der Waals surface area contributed by atoms with Gasteiger partial charge in [-0.25, -0.2) is 4.79 Å². The van der Waals surface area contributed by atoms with Crippen LogP contribution < -0.4 is 16.4 Å². The molecule has 6 nitrogen and oxygen atoms in total. The van der Waals surface area contributed by atoms with Crippen LogP contribution in [0.4, 0.5) is 0 Å². The van der Waals surface area contributed by atoms with Gasteiger partial charge < -0.3 is 9.67 Å². The van der Waals surface area contributed by atoms with Crippen molar-refractivity contribution in [2.24, 2.45) is 7.05 Å². The maximum absolute atomic E-state index is 11.2. The van der Waals surface area contributed by atoms with Gasteiger partial charge in [0, 0.05) is 7.05 Å². The summed E-state index contributed by atoms with van der Waals surface area (Å²) in [4.78, 5) is 34.5. The molecule has 6 heteroatoms. The Morgan fingerprint density at radius 1 is 1.46 bits per heavy atom. The summed E-state index contributed by atoms with van der Waals surface area (Å²) in [6, 6.07) is 0. The quantitative estimate of drug-likeness (QED) is 0.527. The summed E-state index contributed by atoms with van der Waals surface area (Å²) in [7, 11) is 1.19. The molecule has 13 heavy (non-hydrogen) atoms. The minimum absolute atomic E-state index is 0.512. The Labute approximate surface area is 72.5 Å². The number of nitrogens with zero attached hydrogens (tertiary/aromatic N) is 1. The molecular weight excluding hydrogens is 176 g/mol. The van der Waals surface area contributed by atoms with E-state index in [9.17, 15) is 19.5 Å². The number of Topliss-reactive ketones (excluding diaryl/α,β-unsaturated/α-hetero) is 1. The molecule has 0 saturated carbocycles. The minimum Gasteiger partial charge on any atom is -0.859 e. The van der Waals surface area contributed by atoms with Crippen molar-refractivity contribution >= 4 is 5.78 Å². The zero-order chi connectivity index (χ0) is 10.2. The summed E-state index contributed by atoms with van der Waals surface area (Å²) in [5.41, 5.74) is -2.26. The summed E-state index contributed by atoms with van der Waals surface area (Å²) in [6.07, 6.45) is 0. The Morgan fingerprint density at radius 2 is 2.00 bits per heavy atom. The lowest BCUT2D eigenvalue weighted by Crippen LogP contribution is -2.34. The number of rotatable bonds is 1. The van der Waals surface area contributed by atoms with Gasteiger partial charge in [0.1, 0.15) is 0 Å². The van der Waals surface area contributed by atoms with Gasteiger partial charge in [-0.2, -0.15) is 0 Å². The second-order valence-electron chi connectivity index (χ2n) is 2.55. The Bertz CT molecular complexity index is 468. The fraction of sp³-hybridized carbons (Fsp3) is 0.286. The topological polar surface area (TPSA) is 95.0 Å². The van der Waals surface area contributed by atoms with E-state index in [1.54, 1.807) is 0 Å². The van der Waals surface area contributed by atoms with E-state index in [4.69, 9.17) is 0 Å². The van der Waals surface area contributed by atoms with Gasteiger partial charge in [-0.3, -0.25) is 14.6 Å². The third-order valence-electron chi connectivity index (χ3n) is 1.62. The average Bonchev–Trinajstić information content (AvgIpc) is 1.99. The summed E-state index contributed by atoms with van der Waals surface area (Å²) in [6.45, 7) is 1.09. The summed E-state index contributed by atoms with van der Waals surface area (Å²) in [5.74, 6) is -1.51. The highest BCUT2D eigenvalue weighted by molar-refractivity contribution is 5.95. The highest BCUT2D eigenvalue weighted by Crippen LogP contribution is 2.03. The molecule has 0 unspecified atom stereocenters. The van der Waals surface area contributed by atoms with Crippen molar-refractivity contribution in [3.05, 3.63) is 26.4 Å². The molecule has 0 aliphatic heterocycles. The van der Waals surface area contributed by atoms with Crippen LogP contribution in [0.1, 0.15) is 17.3 Å². The normalized spacial score (nSPS) is 10.0. The molecular formula is C7H7N2O4-. The van der Waals surface area contributed by atoms with Crippen LogP contribution in [0.3, 0.4) is 0 Å². The second-order valence-corrected chi connectivity index (χ2v) is 2.55. The number of H-pyrrole nitrogens is 1. The van der Waals surface area contributed by atoms with E-state index < -0.39 is 28.5 Å². The molecule has 1 aromatic rings. The van der Waals surface area contributed by atoms with Gasteiger partial charge in [-0.1, -0.05) is 0 Å². The molecule has 0 bridgehead atoms. The highest BCUT2D eigenvalue weighted by Gasteiger charge is 2.09. The van der Waals surface area contributed by atoms with E-state index in [0.29, 0.717) is 4.57 Å². The first-order chi connectivity index (χ1) is 5.95. The van der Waals surface area contributed by atoms with Crippen molar-refractivity contribution in [2.75, 3.05) is 0 Å². The van der Waals surface area contributed by atoms with Gasteiger partial charge in [-0.05, 0) is 12.8 Å². The first-order valence-electron chi connectivity index (χ1n) is 3.46. The standard InChI is InChI=1S/C7H8N2O4/c1-3(10)4-5(11)8-7(13)9(2)6(4)12/h12H,1-2H3,(H,8,11,13)/p-1. The number of ketones is 1. The van der Waals surface area contributed by atoms with Gasteiger partial charge in [0.25, 0.3) is 5.56 Å². The van der Waals surface area contributed by atoms with Gasteiger partial charge >= 0.3 is 5.69 Å².